The second-order valence-corrected chi connectivity index (χ2v) is 4.81. The summed E-state index contributed by atoms with van der Waals surface area (Å²) in [5, 5.41) is 19.4. The molecule has 1 aromatic heterocycles. The first-order valence-corrected chi connectivity index (χ1v) is 6.52. The van der Waals surface area contributed by atoms with Crippen LogP contribution in [0.4, 0.5) is 0 Å². The SMILES string of the molecule is CCCNC(=O)C(C)n1nnc(C(=O)O)c1C1CC1. The average molecular weight is 266 g/mol. The molecule has 19 heavy (non-hydrogen) atoms. The summed E-state index contributed by atoms with van der Waals surface area (Å²) in [5.41, 5.74) is 0.546. The number of rotatable bonds is 6. The van der Waals surface area contributed by atoms with Gasteiger partial charge in [0.25, 0.3) is 0 Å². The maximum absolute atomic E-state index is 11.9. The smallest absolute Gasteiger partial charge is 0.358 e. The first-order chi connectivity index (χ1) is 9.06. The van der Waals surface area contributed by atoms with Gasteiger partial charge in [-0.25, -0.2) is 9.48 Å². The highest BCUT2D eigenvalue weighted by atomic mass is 16.4. The van der Waals surface area contributed by atoms with Crippen molar-refractivity contribution in [3.8, 4) is 0 Å². The molecule has 0 radical (unpaired) electrons. The van der Waals surface area contributed by atoms with E-state index in [1.165, 1.54) is 4.68 Å². The number of nitrogens with one attached hydrogen (secondary N) is 1. The summed E-state index contributed by atoms with van der Waals surface area (Å²) in [6.45, 7) is 4.28. The number of amides is 1. The van der Waals surface area contributed by atoms with E-state index in [1.807, 2.05) is 6.92 Å². The Balaban J connectivity index is 2.24. The van der Waals surface area contributed by atoms with Gasteiger partial charge in [0.2, 0.25) is 5.91 Å². The maximum Gasteiger partial charge on any atom is 0.358 e. The second kappa shape index (κ2) is 5.38. The zero-order valence-corrected chi connectivity index (χ0v) is 11.1. The van der Waals surface area contributed by atoms with Crippen LogP contribution in [-0.4, -0.2) is 38.5 Å². The van der Waals surface area contributed by atoms with E-state index < -0.39 is 12.0 Å². The average Bonchev–Trinajstić information content (AvgIpc) is 3.13. The number of carbonyl (C=O) groups is 2. The predicted molar refractivity (Wildman–Crippen MR) is 67.0 cm³/mol. The molecule has 1 aliphatic rings. The van der Waals surface area contributed by atoms with Crippen molar-refractivity contribution >= 4 is 11.9 Å². The Morgan fingerprint density at radius 1 is 1.53 bits per heavy atom. The highest BCUT2D eigenvalue weighted by molar-refractivity contribution is 5.87. The molecule has 0 aliphatic heterocycles. The Labute approximate surface area is 111 Å². The molecule has 1 unspecified atom stereocenters. The molecule has 7 nitrogen and oxygen atoms in total. The maximum atomic E-state index is 11.9. The minimum absolute atomic E-state index is 0.0300. The minimum Gasteiger partial charge on any atom is -0.476 e. The predicted octanol–water partition coefficient (Wildman–Crippen LogP) is 0.941. The molecule has 0 aromatic carbocycles. The van der Waals surface area contributed by atoms with Crippen LogP contribution in [0.1, 0.15) is 61.3 Å². The molecule has 1 heterocycles. The molecule has 1 atom stereocenters. The normalized spacial score (nSPS) is 16.1. The van der Waals surface area contributed by atoms with Gasteiger partial charge in [-0.3, -0.25) is 4.79 Å². The van der Waals surface area contributed by atoms with E-state index in [0.717, 1.165) is 19.3 Å². The van der Waals surface area contributed by atoms with Crippen molar-refractivity contribution in [2.24, 2.45) is 0 Å². The lowest BCUT2D eigenvalue weighted by Gasteiger charge is -2.14. The fraction of sp³-hybridized carbons (Fsp3) is 0.667. The van der Waals surface area contributed by atoms with Crippen molar-refractivity contribution in [1.82, 2.24) is 20.3 Å². The van der Waals surface area contributed by atoms with Gasteiger partial charge in [0.15, 0.2) is 5.69 Å². The number of aromatic nitrogens is 3. The minimum atomic E-state index is -1.09. The van der Waals surface area contributed by atoms with Crippen LogP contribution in [0.3, 0.4) is 0 Å². The first-order valence-electron chi connectivity index (χ1n) is 6.52. The molecule has 0 bridgehead atoms. The lowest BCUT2D eigenvalue weighted by atomic mass is 10.2. The summed E-state index contributed by atoms with van der Waals surface area (Å²) in [6, 6.07) is -0.539. The van der Waals surface area contributed by atoms with E-state index in [9.17, 15) is 9.59 Å². The van der Waals surface area contributed by atoms with Gasteiger partial charge in [-0.1, -0.05) is 12.1 Å². The summed E-state index contributed by atoms with van der Waals surface area (Å²) in [6.07, 6.45) is 2.71. The van der Waals surface area contributed by atoms with Crippen molar-refractivity contribution in [3.05, 3.63) is 11.4 Å². The number of carboxylic acids is 1. The number of carboxylic acid groups (broad SMARTS) is 1. The van der Waals surface area contributed by atoms with E-state index >= 15 is 0 Å². The molecule has 104 valence electrons. The number of carbonyl (C=O) groups excluding carboxylic acids is 1. The largest absolute Gasteiger partial charge is 0.476 e. The molecule has 1 amide bonds. The number of nitrogens with zero attached hydrogens (tertiary/aromatic N) is 3. The molecular formula is C12H18N4O3. The zero-order valence-electron chi connectivity index (χ0n) is 11.1. The van der Waals surface area contributed by atoms with Crippen molar-refractivity contribution < 1.29 is 14.7 Å². The fourth-order valence-corrected chi connectivity index (χ4v) is 1.98. The summed E-state index contributed by atoms with van der Waals surface area (Å²) >= 11 is 0. The standard InChI is InChI=1S/C12H18N4O3/c1-3-6-13-11(17)7(2)16-10(8-4-5-8)9(12(18)19)14-15-16/h7-8H,3-6H2,1-2H3,(H,13,17)(H,18,19). The Bertz CT molecular complexity index is 493. The Hall–Kier alpha value is -1.92. The molecule has 7 heteroatoms. The van der Waals surface area contributed by atoms with E-state index in [4.69, 9.17) is 5.11 Å². The first kappa shape index (κ1) is 13.5. The Kier molecular flexibility index (Phi) is 3.82. The third-order valence-corrected chi connectivity index (χ3v) is 3.19. The van der Waals surface area contributed by atoms with E-state index in [2.05, 4.69) is 15.6 Å². The third-order valence-electron chi connectivity index (χ3n) is 3.19. The summed E-state index contributed by atoms with van der Waals surface area (Å²) in [7, 11) is 0. The van der Waals surface area contributed by atoms with Crippen molar-refractivity contribution in [2.75, 3.05) is 6.54 Å². The van der Waals surface area contributed by atoms with Crippen LogP contribution in [0.2, 0.25) is 0 Å². The zero-order chi connectivity index (χ0) is 14.0. The van der Waals surface area contributed by atoms with Crippen LogP contribution in [0.5, 0.6) is 0 Å². The number of aromatic carboxylic acids is 1. The summed E-state index contributed by atoms with van der Waals surface area (Å²) in [4.78, 5) is 23.0. The number of hydrogen-bond acceptors (Lipinski definition) is 4. The molecule has 1 saturated carbocycles. The van der Waals surface area contributed by atoms with Gasteiger partial charge in [-0.2, -0.15) is 0 Å². The van der Waals surface area contributed by atoms with E-state index in [1.54, 1.807) is 6.92 Å². The summed E-state index contributed by atoms with van der Waals surface area (Å²) < 4.78 is 1.45. The van der Waals surface area contributed by atoms with Crippen LogP contribution >= 0.6 is 0 Å². The lowest BCUT2D eigenvalue weighted by molar-refractivity contribution is -0.124. The monoisotopic (exact) mass is 266 g/mol. The van der Waals surface area contributed by atoms with E-state index in [-0.39, 0.29) is 17.5 Å². The van der Waals surface area contributed by atoms with Crippen LogP contribution in [0.15, 0.2) is 0 Å². The van der Waals surface area contributed by atoms with Gasteiger partial charge in [-0.05, 0) is 26.2 Å². The highest BCUT2D eigenvalue weighted by Crippen LogP contribution is 2.41. The topological polar surface area (TPSA) is 97.1 Å². The molecule has 1 aliphatic carbocycles. The van der Waals surface area contributed by atoms with Crippen molar-refractivity contribution in [2.45, 2.75) is 45.1 Å². The molecule has 2 rings (SSSR count). The van der Waals surface area contributed by atoms with Crippen molar-refractivity contribution in [1.29, 1.82) is 0 Å². The summed E-state index contributed by atoms with van der Waals surface area (Å²) in [5.74, 6) is -1.08. The second-order valence-electron chi connectivity index (χ2n) is 4.81. The van der Waals surface area contributed by atoms with Gasteiger partial charge in [0, 0.05) is 12.5 Å². The third kappa shape index (κ3) is 2.74. The molecule has 0 spiro atoms. The molecule has 1 fully saturated rings. The van der Waals surface area contributed by atoms with Crippen LogP contribution in [-0.2, 0) is 4.79 Å². The quantitative estimate of drug-likeness (QED) is 0.798. The molecule has 0 saturated heterocycles. The van der Waals surface area contributed by atoms with Gasteiger partial charge in [-0.15, -0.1) is 5.10 Å². The molecule has 2 N–H and O–H groups in total. The lowest BCUT2D eigenvalue weighted by Crippen LogP contribution is -2.32. The Morgan fingerprint density at radius 2 is 2.21 bits per heavy atom. The van der Waals surface area contributed by atoms with Gasteiger partial charge in [0.1, 0.15) is 6.04 Å². The van der Waals surface area contributed by atoms with Gasteiger partial charge >= 0.3 is 5.97 Å². The van der Waals surface area contributed by atoms with Crippen LogP contribution < -0.4 is 5.32 Å². The van der Waals surface area contributed by atoms with E-state index in [0.29, 0.717) is 12.2 Å². The van der Waals surface area contributed by atoms with Gasteiger partial charge in [0.05, 0.1) is 5.69 Å². The highest BCUT2D eigenvalue weighted by Gasteiger charge is 2.35. The number of hydrogen-bond donors (Lipinski definition) is 2. The molecular weight excluding hydrogens is 248 g/mol. The van der Waals surface area contributed by atoms with Crippen LogP contribution in [0, 0.1) is 0 Å². The Morgan fingerprint density at radius 3 is 2.74 bits per heavy atom. The fourth-order valence-electron chi connectivity index (χ4n) is 1.98. The van der Waals surface area contributed by atoms with Crippen LogP contribution in [0.25, 0.3) is 0 Å². The van der Waals surface area contributed by atoms with Crippen molar-refractivity contribution in [3.63, 3.8) is 0 Å². The van der Waals surface area contributed by atoms with Gasteiger partial charge < -0.3 is 10.4 Å². The molecule has 1 aromatic rings.